The third kappa shape index (κ3) is 5.51. The van der Waals surface area contributed by atoms with Gasteiger partial charge in [0, 0.05) is 5.56 Å². The SMILES string of the molecule is COc1ccc(C=C(NC(=O)c2ccc(OC)cc2)C(=O)NCc2ccco2)cc1. The van der Waals surface area contributed by atoms with Gasteiger partial charge in [-0.25, -0.2) is 0 Å². The molecule has 0 aliphatic carbocycles. The van der Waals surface area contributed by atoms with Gasteiger partial charge in [0.05, 0.1) is 27.0 Å². The summed E-state index contributed by atoms with van der Waals surface area (Å²) < 4.78 is 15.5. The number of carbonyl (C=O) groups excluding carboxylic acids is 2. The lowest BCUT2D eigenvalue weighted by Crippen LogP contribution is -2.34. The molecule has 2 aromatic carbocycles. The van der Waals surface area contributed by atoms with E-state index >= 15 is 0 Å². The molecular weight excluding hydrogens is 384 g/mol. The van der Waals surface area contributed by atoms with Crippen LogP contribution in [0.15, 0.2) is 77.0 Å². The van der Waals surface area contributed by atoms with Crippen LogP contribution in [-0.2, 0) is 11.3 Å². The van der Waals surface area contributed by atoms with Gasteiger partial charge >= 0.3 is 0 Å². The quantitative estimate of drug-likeness (QED) is 0.560. The first-order valence-electron chi connectivity index (χ1n) is 9.21. The summed E-state index contributed by atoms with van der Waals surface area (Å²) in [4.78, 5) is 25.4. The summed E-state index contributed by atoms with van der Waals surface area (Å²) >= 11 is 0. The fraction of sp³-hybridized carbons (Fsp3) is 0.130. The van der Waals surface area contributed by atoms with Crippen LogP contribution in [-0.4, -0.2) is 26.0 Å². The largest absolute Gasteiger partial charge is 0.497 e. The Morgan fingerprint density at radius 2 is 1.57 bits per heavy atom. The van der Waals surface area contributed by atoms with Crippen molar-refractivity contribution in [2.45, 2.75) is 6.54 Å². The van der Waals surface area contributed by atoms with Gasteiger partial charge in [-0.15, -0.1) is 0 Å². The number of hydrogen-bond acceptors (Lipinski definition) is 5. The van der Waals surface area contributed by atoms with Crippen molar-refractivity contribution in [3.8, 4) is 11.5 Å². The van der Waals surface area contributed by atoms with E-state index in [1.54, 1.807) is 81.0 Å². The highest BCUT2D eigenvalue weighted by Gasteiger charge is 2.15. The zero-order valence-corrected chi connectivity index (χ0v) is 16.7. The van der Waals surface area contributed by atoms with Crippen LogP contribution in [0.3, 0.4) is 0 Å². The highest BCUT2D eigenvalue weighted by Crippen LogP contribution is 2.15. The van der Waals surface area contributed by atoms with Gasteiger partial charge in [0.25, 0.3) is 11.8 Å². The lowest BCUT2D eigenvalue weighted by atomic mass is 10.1. The standard InChI is InChI=1S/C23H22N2O5/c1-28-18-9-5-16(6-10-18)14-21(23(27)24-15-20-4-3-13-30-20)25-22(26)17-7-11-19(29-2)12-8-17/h3-14H,15H2,1-2H3,(H,24,27)(H,25,26). The van der Waals surface area contributed by atoms with Crippen LogP contribution in [0.1, 0.15) is 21.7 Å². The number of carbonyl (C=O) groups is 2. The van der Waals surface area contributed by atoms with Crippen molar-refractivity contribution >= 4 is 17.9 Å². The number of amides is 2. The Kier molecular flexibility index (Phi) is 6.89. The molecule has 0 bridgehead atoms. The fourth-order valence-electron chi connectivity index (χ4n) is 2.64. The molecule has 2 N–H and O–H groups in total. The molecule has 7 heteroatoms. The van der Waals surface area contributed by atoms with Gasteiger partial charge in [0.1, 0.15) is 23.0 Å². The molecule has 1 aromatic heterocycles. The van der Waals surface area contributed by atoms with Gasteiger partial charge in [-0.1, -0.05) is 12.1 Å². The Hall–Kier alpha value is -4.00. The van der Waals surface area contributed by atoms with E-state index in [0.717, 1.165) is 5.56 Å². The lowest BCUT2D eigenvalue weighted by molar-refractivity contribution is -0.118. The number of nitrogens with one attached hydrogen (secondary N) is 2. The van der Waals surface area contributed by atoms with Crippen LogP contribution in [0.2, 0.25) is 0 Å². The summed E-state index contributed by atoms with van der Waals surface area (Å²) in [5, 5.41) is 5.43. The minimum atomic E-state index is -0.441. The van der Waals surface area contributed by atoms with Crippen molar-refractivity contribution in [2.24, 2.45) is 0 Å². The highest BCUT2D eigenvalue weighted by molar-refractivity contribution is 6.05. The maximum Gasteiger partial charge on any atom is 0.268 e. The Morgan fingerprint density at radius 1 is 0.933 bits per heavy atom. The summed E-state index contributed by atoms with van der Waals surface area (Å²) in [5.74, 6) is 1.08. The minimum absolute atomic E-state index is 0.104. The molecule has 0 spiro atoms. The molecule has 0 saturated carbocycles. The molecule has 0 aliphatic rings. The van der Waals surface area contributed by atoms with Crippen molar-refractivity contribution in [2.75, 3.05) is 14.2 Å². The molecule has 1 heterocycles. The number of benzene rings is 2. The fourth-order valence-corrected chi connectivity index (χ4v) is 2.64. The van der Waals surface area contributed by atoms with Crippen LogP contribution < -0.4 is 20.1 Å². The number of hydrogen-bond donors (Lipinski definition) is 2. The summed E-state index contributed by atoms with van der Waals surface area (Å²) in [5.41, 5.74) is 1.23. The van der Waals surface area contributed by atoms with Crippen LogP contribution in [0, 0.1) is 0 Å². The van der Waals surface area contributed by atoms with Gasteiger partial charge in [-0.05, 0) is 60.2 Å². The number of ether oxygens (including phenoxy) is 2. The summed E-state index contributed by atoms with van der Waals surface area (Å²) in [6.45, 7) is 0.199. The van der Waals surface area contributed by atoms with E-state index in [1.165, 1.54) is 6.26 Å². The first kappa shape index (κ1) is 20.7. The first-order valence-corrected chi connectivity index (χ1v) is 9.21. The van der Waals surface area contributed by atoms with Crippen molar-refractivity contribution in [1.82, 2.24) is 10.6 Å². The van der Waals surface area contributed by atoms with E-state index in [0.29, 0.717) is 22.8 Å². The molecule has 3 rings (SSSR count). The molecule has 7 nitrogen and oxygen atoms in total. The van der Waals surface area contributed by atoms with Crippen LogP contribution in [0.25, 0.3) is 6.08 Å². The Bertz CT molecular complexity index is 1010. The molecule has 0 unspecified atom stereocenters. The maximum atomic E-state index is 12.8. The van der Waals surface area contributed by atoms with Crippen LogP contribution in [0.5, 0.6) is 11.5 Å². The van der Waals surface area contributed by atoms with E-state index in [2.05, 4.69) is 10.6 Å². The van der Waals surface area contributed by atoms with Crippen molar-refractivity contribution in [1.29, 1.82) is 0 Å². The topological polar surface area (TPSA) is 89.8 Å². The molecule has 154 valence electrons. The molecule has 2 amide bonds. The van der Waals surface area contributed by atoms with Crippen LogP contribution in [0.4, 0.5) is 0 Å². The number of furan rings is 1. The highest BCUT2D eigenvalue weighted by atomic mass is 16.5. The summed E-state index contributed by atoms with van der Waals surface area (Å²) in [6.07, 6.45) is 3.12. The lowest BCUT2D eigenvalue weighted by Gasteiger charge is -2.11. The zero-order chi connectivity index (χ0) is 21.3. The molecule has 0 fully saturated rings. The molecule has 3 aromatic rings. The molecular formula is C23H22N2O5. The molecule has 0 radical (unpaired) electrons. The molecule has 0 saturated heterocycles. The third-order valence-corrected chi connectivity index (χ3v) is 4.28. The monoisotopic (exact) mass is 406 g/mol. The second-order valence-electron chi connectivity index (χ2n) is 6.28. The van der Waals surface area contributed by atoms with Gasteiger partial charge in [-0.2, -0.15) is 0 Å². The average Bonchev–Trinajstić information content (AvgIpc) is 3.31. The average molecular weight is 406 g/mol. The van der Waals surface area contributed by atoms with Gasteiger partial charge in [-0.3, -0.25) is 9.59 Å². The van der Waals surface area contributed by atoms with E-state index in [1.807, 2.05) is 0 Å². The van der Waals surface area contributed by atoms with E-state index < -0.39 is 11.8 Å². The van der Waals surface area contributed by atoms with Gasteiger partial charge in [0.2, 0.25) is 0 Å². The maximum absolute atomic E-state index is 12.8. The molecule has 0 atom stereocenters. The third-order valence-electron chi connectivity index (χ3n) is 4.28. The van der Waals surface area contributed by atoms with Crippen molar-refractivity contribution in [3.05, 3.63) is 89.5 Å². The van der Waals surface area contributed by atoms with E-state index in [9.17, 15) is 9.59 Å². The summed E-state index contributed by atoms with van der Waals surface area (Å²) in [6, 6.07) is 17.2. The second-order valence-corrected chi connectivity index (χ2v) is 6.28. The second kappa shape index (κ2) is 9.97. The molecule has 30 heavy (non-hydrogen) atoms. The van der Waals surface area contributed by atoms with Gasteiger partial charge < -0.3 is 24.5 Å². The predicted octanol–water partition coefficient (Wildman–Crippen LogP) is 3.38. The van der Waals surface area contributed by atoms with Crippen LogP contribution >= 0.6 is 0 Å². The van der Waals surface area contributed by atoms with Gasteiger partial charge in [0.15, 0.2) is 0 Å². The van der Waals surface area contributed by atoms with Crippen molar-refractivity contribution in [3.63, 3.8) is 0 Å². The number of rotatable bonds is 8. The van der Waals surface area contributed by atoms with E-state index in [4.69, 9.17) is 13.9 Å². The Morgan fingerprint density at radius 3 is 2.13 bits per heavy atom. The minimum Gasteiger partial charge on any atom is -0.497 e. The zero-order valence-electron chi connectivity index (χ0n) is 16.7. The number of methoxy groups -OCH3 is 2. The predicted molar refractivity (Wildman–Crippen MR) is 112 cm³/mol. The summed E-state index contributed by atoms with van der Waals surface area (Å²) in [7, 11) is 3.13. The normalized spacial score (nSPS) is 10.9. The Balaban J connectivity index is 1.80. The Labute approximate surface area is 174 Å². The van der Waals surface area contributed by atoms with E-state index in [-0.39, 0.29) is 12.2 Å². The smallest absolute Gasteiger partial charge is 0.268 e. The molecule has 0 aliphatic heterocycles. The van der Waals surface area contributed by atoms with Crippen molar-refractivity contribution < 1.29 is 23.5 Å². The first-order chi connectivity index (χ1) is 14.6.